The molecule has 0 bridgehead atoms. The van der Waals surface area contributed by atoms with E-state index < -0.39 is 17.5 Å². The molecule has 0 aromatic heterocycles. The quantitative estimate of drug-likeness (QED) is 0.768. The van der Waals surface area contributed by atoms with E-state index in [-0.39, 0.29) is 24.6 Å². The van der Waals surface area contributed by atoms with Crippen LogP contribution in [0, 0.1) is 17.5 Å². The number of amides is 1. The average Bonchev–Trinajstić information content (AvgIpc) is 2.56. The lowest BCUT2D eigenvalue weighted by Gasteiger charge is -2.09. The topological polar surface area (TPSA) is 41.1 Å². The van der Waals surface area contributed by atoms with E-state index in [0.717, 1.165) is 24.1 Å². The van der Waals surface area contributed by atoms with E-state index in [2.05, 4.69) is 10.6 Å². The minimum Gasteiger partial charge on any atom is -0.382 e. The molecule has 2 aromatic carbocycles. The molecule has 0 radical (unpaired) electrons. The van der Waals surface area contributed by atoms with Crippen molar-refractivity contribution >= 4 is 11.6 Å². The normalized spacial score (nSPS) is 10.4. The molecule has 2 aromatic rings. The lowest BCUT2D eigenvalue weighted by molar-refractivity contribution is -0.120. The number of anilines is 1. The number of hydrogen-bond acceptors (Lipinski definition) is 2. The summed E-state index contributed by atoms with van der Waals surface area (Å²) in [6, 6.07) is 11.7. The molecule has 0 heterocycles. The molecule has 0 atom stereocenters. The second-order valence-corrected chi connectivity index (χ2v) is 4.99. The van der Waals surface area contributed by atoms with Crippen molar-refractivity contribution in [2.75, 3.05) is 18.4 Å². The van der Waals surface area contributed by atoms with Gasteiger partial charge in [-0.15, -0.1) is 0 Å². The molecule has 0 saturated carbocycles. The van der Waals surface area contributed by atoms with Crippen LogP contribution >= 0.6 is 0 Å². The summed E-state index contributed by atoms with van der Waals surface area (Å²) in [5, 5.41) is 5.32. The van der Waals surface area contributed by atoms with Crippen LogP contribution in [0.4, 0.5) is 18.9 Å². The second kappa shape index (κ2) is 8.22. The van der Waals surface area contributed by atoms with Crippen LogP contribution < -0.4 is 10.6 Å². The predicted molar refractivity (Wildman–Crippen MR) is 82.6 cm³/mol. The van der Waals surface area contributed by atoms with Crippen LogP contribution in [0.1, 0.15) is 12.0 Å². The van der Waals surface area contributed by atoms with Crippen molar-refractivity contribution in [2.45, 2.75) is 12.8 Å². The van der Waals surface area contributed by atoms with Gasteiger partial charge in [0.15, 0.2) is 17.5 Å². The summed E-state index contributed by atoms with van der Waals surface area (Å²) in [4.78, 5) is 11.7. The first kappa shape index (κ1) is 16.9. The van der Waals surface area contributed by atoms with Gasteiger partial charge in [-0.1, -0.05) is 30.3 Å². The Morgan fingerprint density at radius 1 is 0.913 bits per heavy atom. The Labute approximate surface area is 132 Å². The fourth-order valence-electron chi connectivity index (χ4n) is 2.05. The van der Waals surface area contributed by atoms with E-state index in [1.807, 2.05) is 30.3 Å². The first-order valence-electron chi connectivity index (χ1n) is 7.26. The van der Waals surface area contributed by atoms with E-state index in [1.54, 1.807) is 0 Å². The number of carbonyl (C=O) groups is 1. The molecule has 0 fully saturated rings. The SMILES string of the molecule is O=C(CCNc1ccc(F)c(F)c1F)NCCc1ccccc1. The first-order valence-corrected chi connectivity index (χ1v) is 7.26. The molecule has 122 valence electrons. The van der Waals surface area contributed by atoms with Crippen molar-refractivity contribution in [1.29, 1.82) is 0 Å². The number of halogens is 3. The molecular formula is C17H17F3N2O. The Balaban J connectivity index is 1.70. The van der Waals surface area contributed by atoms with E-state index in [0.29, 0.717) is 6.54 Å². The maximum absolute atomic E-state index is 13.4. The van der Waals surface area contributed by atoms with Gasteiger partial charge in [0.25, 0.3) is 0 Å². The molecule has 1 amide bonds. The molecule has 0 aliphatic rings. The number of nitrogens with one attached hydrogen (secondary N) is 2. The van der Waals surface area contributed by atoms with Gasteiger partial charge in [0.05, 0.1) is 5.69 Å². The minimum atomic E-state index is -1.53. The second-order valence-electron chi connectivity index (χ2n) is 4.99. The third-order valence-electron chi connectivity index (χ3n) is 3.28. The Morgan fingerprint density at radius 3 is 2.39 bits per heavy atom. The van der Waals surface area contributed by atoms with Gasteiger partial charge in [-0.05, 0) is 24.1 Å². The molecule has 0 saturated heterocycles. The van der Waals surface area contributed by atoms with Crippen LogP contribution in [0.15, 0.2) is 42.5 Å². The van der Waals surface area contributed by atoms with Gasteiger partial charge < -0.3 is 10.6 Å². The average molecular weight is 322 g/mol. The highest BCUT2D eigenvalue weighted by Gasteiger charge is 2.13. The van der Waals surface area contributed by atoms with Gasteiger partial charge in [-0.25, -0.2) is 13.2 Å². The predicted octanol–water partition coefficient (Wildman–Crippen LogP) is 3.26. The van der Waals surface area contributed by atoms with Gasteiger partial charge in [0, 0.05) is 19.5 Å². The van der Waals surface area contributed by atoms with Crippen molar-refractivity contribution < 1.29 is 18.0 Å². The Morgan fingerprint density at radius 2 is 1.65 bits per heavy atom. The van der Waals surface area contributed by atoms with E-state index in [1.165, 1.54) is 0 Å². The molecular weight excluding hydrogens is 305 g/mol. The molecule has 3 nitrogen and oxygen atoms in total. The summed E-state index contributed by atoms with van der Waals surface area (Å²) in [5.74, 6) is -4.25. The molecule has 0 spiro atoms. The highest BCUT2D eigenvalue weighted by Crippen LogP contribution is 2.19. The molecule has 23 heavy (non-hydrogen) atoms. The summed E-state index contributed by atoms with van der Waals surface area (Å²) in [6.07, 6.45) is 0.824. The fraction of sp³-hybridized carbons (Fsp3) is 0.235. The van der Waals surface area contributed by atoms with Crippen LogP contribution in [0.3, 0.4) is 0 Å². The molecule has 0 aliphatic heterocycles. The molecule has 0 aliphatic carbocycles. The highest BCUT2D eigenvalue weighted by atomic mass is 19.2. The van der Waals surface area contributed by atoms with Crippen molar-refractivity contribution in [3.63, 3.8) is 0 Å². The molecule has 2 rings (SSSR count). The lowest BCUT2D eigenvalue weighted by Crippen LogP contribution is -2.27. The third-order valence-corrected chi connectivity index (χ3v) is 3.28. The number of hydrogen-bond donors (Lipinski definition) is 2. The number of carbonyl (C=O) groups excluding carboxylic acids is 1. The van der Waals surface area contributed by atoms with Crippen LogP contribution in [-0.4, -0.2) is 19.0 Å². The number of rotatable bonds is 7. The zero-order chi connectivity index (χ0) is 16.7. The van der Waals surface area contributed by atoms with Gasteiger partial charge in [0.1, 0.15) is 0 Å². The zero-order valence-electron chi connectivity index (χ0n) is 12.4. The third kappa shape index (κ3) is 5.02. The fourth-order valence-corrected chi connectivity index (χ4v) is 2.05. The lowest BCUT2D eigenvalue weighted by atomic mass is 10.1. The smallest absolute Gasteiger partial charge is 0.221 e. The van der Waals surface area contributed by atoms with Crippen molar-refractivity contribution in [3.8, 4) is 0 Å². The maximum atomic E-state index is 13.4. The first-order chi connectivity index (χ1) is 11.1. The van der Waals surface area contributed by atoms with Crippen LogP contribution in [0.25, 0.3) is 0 Å². The van der Waals surface area contributed by atoms with Crippen LogP contribution in [0.2, 0.25) is 0 Å². The Bertz CT molecular complexity index is 662. The largest absolute Gasteiger partial charge is 0.382 e. The molecule has 2 N–H and O–H groups in total. The highest BCUT2D eigenvalue weighted by molar-refractivity contribution is 5.76. The van der Waals surface area contributed by atoms with Crippen molar-refractivity contribution in [3.05, 3.63) is 65.5 Å². The summed E-state index contributed by atoms with van der Waals surface area (Å²) in [6.45, 7) is 0.627. The van der Waals surface area contributed by atoms with E-state index >= 15 is 0 Å². The standard InChI is InChI=1S/C17H17F3N2O/c18-13-6-7-14(17(20)16(13)19)21-11-9-15(23)22-10-8-12-4-2-1-3-5-12/h1-7,21H,8-11H2,(H,22,23). The van der Waals surface area contributed by atoms with E-state index in [9.17, 15) is 18.0 Å². The summed E-state index contributed by atoms with van der Waals surface area (Å²) in [7, 11) is 0. The zero-order valence-corrected chi connectivity index (χ0v) is 12.4. The Hall–Kier alpha value is -2.50. The van der Waals surface area contributed by atoms with Crippen molar-refractivity contribution in [1.82, 2.24) is 5.32 Å². The van der Waals surface area contributed by atoms with E-state index in [4.69, 9.17) is 0 Å². The van der Waals surface area contributed by atoms with Crippen molar-refractivity contribution in [2.24, 2.45) is 0 Å². The maximum Gasteiger partial charge on any atom is 0.221 e. The summed E-state index contributed by atoms with van der Waals surface area (Å²) < 4.78 is 39.2. The minimum absolute atomic E-state index is 0.104. The van der Waals surface area contributed by atoms with Gasteiger partial charge in [0.2, 0.25) is 5.91 Å². The Kier molecular flexibility index (Phi) is 6.02. The van der Waals surface area contributed by atoms with Gasteiger partial charge >= 0.3 is 0 Å². The van der Waals surface area contributed by atoms with Gasteiger partial charge in [-0.2, -0.15) is 0 Å². The van der Waals surface area contributed by atoms with Crippen LogP contribution in [0.5, 0.6) is 0 Å². The molecule has 0 unspecified atom stereocenters. The summed E-state index contributed by atoms with van der Waals surface area (Å²) >= 11 is 0. The summed E-state index contributed by atoms with van der Waals surface area (Å²) in [5.41, 5.74) is 0.954. The van der Waals surface area contributed by atoms with Gasteiger partial charge in [-0.3, -0.25) is 4.79 Å². The van der Waals surface area contributed by atoms with Crippen LogP contribution in [-0.2, 0) is 11.2 Å². The monoisotopic (exact) mass is 322 g/mol. The molecule has 6 heteroatoms. The number of benzene rings is 2.